The molecule has 0 bridgehead atoms. The van der Waals surface area contributed by atoms with Crippen molar-refractivity contribution in [2.45, 2.75) is 5.03 Å². The molecule has 0 saturated heterocycles. The Morgan fingerprint density at radius 2 is 2.06 bits per heavy atom. The summed E-state index contributed by atoms with van der Waals surface area (Å²) in [6.45, 7) is 0. The molecule has 2 rings (SSSR count). The molecule has 0 radical (unpaired) electrons. The molecule has 0 aliphatic carbocycles. The molecule has 1 aromatic heterocycles. The van der Waals surface area contributed by atoms with Crippen LogP contribution >= 0.6 is 11.8 Å². The smallest absolute Gasteiger partial charge is 0.278 e. The molecule has 0 saturated carbocycles. The number of hydrogen-bond donors (Lipinski definition) is 1. The molecule has 18 heavy (non-hydrogen) atoms. The lowest BCUT2D eigenvalue weighted by Crippen LogP contribution is -2.26. The minimum Gasteiger partial charge on any atom is -0.369 e. The molecule has 0 atom stereocenters. The Bertz CT molecular complexity index is 673. The van der Waals surface area contributed by atoms with Gasteiger partial charge in [-0.25, -0.2) is 9.55 Å². The topological polar surface area (TPSA) is 84.7 Å². The molecular weight excluding hydrogens is 248 g/mol. The standard InChI is InChI=1S/C12H10N4OS/c1-18-10-9(7-13)11(17)16(12(14)15-10)8-5-3-2-4-6-8/h2-6H,1H3,(H2,14,15). The van der Waals surface area contributed by atoms with E-state index in [1.807, 2.05) is 12.1 Å². The highest BCUT2D eigenvalue weighted by Gasteiger charge is 2.15. The molecule has 0 aliphatic rings. The highest BCUT2D eigenvalue weighted by atomic mass is 32.2. The van der Waals surface area contributed by atoms with Crippen molar-refractivity contribution in [1.29, 1.82) is 5.26 Å². The maximum absolute atomic E-state index is 12.2. The molecule has 0 amide bonds. The largest absolute Gasteiger partial charge is 0.369 e. The van der Waals surface area contributed by atoms with Gasteiger partial charge >= 0.3 is 0 Å². The fraction of sp³-hybridized carbons (Fsp3) is 0.0833. The van der Waals surface area contributed by atoms with Gasteiger partial charge in [0.05, 0.1) is 5.69 Å². The second kappa shape index (κ2) is 4.94. The number of para-hydroxylation sites is 1. The molecule has 1 aromatic carbocycles. The average Bonchev–Trinajstić information content (AvgIpc) is 2.39. The zero-order chi connectivity index (χ0) is 13.1. The summed E-state index contributed by atoms with van der Waals surface area (Å²) < 4.78 is 1.23. The van der Waals surface area contributed by atoms with E-state index >= 15 is 0 Å². The summed E-state index contributed by atoms with van der Waals surface area (Å²) in [5.41, 5.74) is 5.95. The molecule has 2 aromatic rings. The number of rotatable bonds is 2. The van der Waals surface area contributed by atoms with Gasteiger partial charge in [0.25, 0.3) is 5.56 Å². The number of nitrogen functional groups attached to an aromatic ring is 1. The third kappa shape index (κ3) is 1.96. The number of thioether (sulfide) groups is 1. The first-order chi connectivity index (χ1) is 8.69. The van der Waals surface area contributed by atoms with Crippen LogP contribution in [0.5, 0.6) is 0 Å². The number of anilines is 1. The van der Waals surface area contributed by atoms with E-state index in [1.165, 1.54) is 16.3 Å². The van der Waals surface area contributed by atoms with Crippen LogP contribution in [0.15, 0.2) is 40.2 Å². The van der Waals surface area contributed by atoms with Crippen LogP contribution in [0.1, 0.15) is 5.56 Å². The molecule has 1 heterocycles. The van der Waals surface area contributed by atoms with Gasteiger partial charge < -0.3 is 5.73 Å². The molecular formula is C12H10N4OS. The van der Waals surface area contributed by atoms with E-state index in [-0.39, 0.29) is 11.5 Å². The molecule has 90 valence electrons. The first kappa shape index (κ1) is 12.2. The van der Waals surface area contributed by atoms with Crippen LogP contribution in [0.25, 0.3) is 5.69 Å². The normalized spacial score (nSPS) is 10.0. The summed E-state index contributed by atoms with van der Waals surface area (Å²) in [5.74, 6) is 0.0783. The summed E-state index contributed by atoms with van der Waals surface area (Å²) in [5, 5.41) is 9.39. The van der Waals surface area contributed by atoms with Crippen LogP contribution < -0.4 is 11.3 Å². The van der Waals surface area contributed by atoms with E-state index in [1.54, 1.807) is 30.5 Å². The Hall–Kier alpha value is -2.26. The monoisotopic (exact) mass is 258 g/mol. The van der Waals surface area contributed by atoms with Crippen molar-refractivity contribution in [2.75, 3.05) is 12.0 Å². The van der Waals surface area contributed by atoms with Crippen molar-refractivity contribution in [3.05, 3.63) is 46.2 Å². The van der Waals surface area contributed by atoms with E-state index in [4.69, 9.17) is 11.0 Å². The summed E-state index contributed by atoms with van der Waals surface area (Å²) in [6.07, 6.45) is 1.74. The zero-order valence-corrected chi connectivity index (χ0v) is 10.4. The van der Waals surface area contributed by atoms with Crippen LogP contribution in [0.3, 0.4) is 0 Å². The van der Waals surface area contributed by atoms with Crippen molar-refractivity contribution >= 4 is 17.7 Å². The maximum Gasteiger partial charge on any atom is 0.278 e. The fourth-order valence-electron chi connectivity index (χ4n) is 1.59. The van der Waals surface area contributed by atoms with Gasteiger partial charge in [-0.15, -0.1) is 11.8 Å². The number of nitriles is 1. The molecule has 0 fully saturated rings. The average molecular weight is 258 g/mol. The summed E-state index contributed by atoms with van der Waals surface area (Å²) in [6, 6.07) is 10.8. The molecule has 2 N–H and O–H groups in total. The second-order valence-electron chi connectivity index (χ2n) is 3.44. The Balaban J connectivity index is 2.79. The van der Waals surface area contributed by atoms with E-state index in [0.717, 1.165) is 0 Å². The van der Waals surface area contributed by atoms with Gasteiger partial charge in [-0.3, -0.25) is 4.79 Å². The van der Waals surface area contributed by atoms with Gasteiger partial charge in [0.2, 0.25) is 5.95 Å². The minimum absolute atomic E-state index is 0.0144. The maximum atomic E-state index is 12.2. The molecule has 0 spiro atoms. The van der Waals surface area contributed by atoms with Crippen molar-refractivity contribution in [3.8, 4) is 11.8 Å². The Kier molecular flexibility index (Phi) is 3.35. The predicted molar refractivity (Wildman–Crippen MR) is 70.7 cm³/mol. The quantitative estimate of drug-likeness (QED) is 0.650. The van der Waals surface area contributed by atoms with Crippen LogP contribution in [0.4, 0.5) is 5.95 Å². The molecule has 5 nitrogen and oxygen atoms in total. The number of aromatic nitrogens is 2. The first-order valence-electron chi connectivity index (χ1n) is 5.11. The van der Waals surface area contributed by atoms with Crippen LogP contribution in [0, 0.1) is 11.3 Å². The molecule has 0 aliphatic heterocycles. The Labute approximate surface area is 108 Å². The highest BCUT2D eigenvalue weighted by molar-refractivity contribution is 7.98. The van der Waals surface area contributed by atoms with Crippen LogP contribution in [-0.2, 0) is 0 Å². The lowest BCUT2D eigenvalue weighted by Gasteiger charge is -2.10. The number of nitrogens with zero attached hydrogens (tertiary/aromatic N) is 3. The molecule has 0 unspecified atom stereocenters. The van der Waals surface area contributed by atoms with Crippen molar-refractivity contribution in [3.63, 3.8) is 0 Å². The second-order valence-corrected chi connectivity index (χ2v) is 4.24. The third-order valence-electron chi connectivity index (χ3n) is 2.40. The van der Waals surface area contributed by atoms with Gasteiger partial charge in [-0.2, -0.15) is 5.26 Å². The number of hydrogen-bond acceptors (Lipinski definition) is 5. The van der Waals surface area contributed by atoms with Gasteiger partial charge in [-0.1, -0.05) is 18.2 Å². The Morgan fingerprint density at radius 1 is 1.39 bits per heavy atom. The first-order valence-corrected chi connectivity index (χ1v) is 6.33. The number of nitrogens with two attached hydrogens (primary N) is 1. The minimum atomic E-state index is -0.444. The van der Waals surface area contributed by atoms with Gasteiger partial charge in [0.1, 0.15) is 16.7 Å². The van der Waals surface area contributed by atoms with Crippen LogP contribution in [0.2, 0.25) is 0 Å². The fourth-order valence-corrected chi connectivity index (χ4v) is 2.11. The van der Waals surface area contributed by atoms with E-state index in [2.05, 4.69) is 4.98 Å². The van der Waals surface area contributed by atoms with Gasteiger partial charge in [0, 0.05) is 0 Å². The highest BCUT2D eigenvalue weighted by Crippen LogP contribution is 2.17. The molecule has 6 heteroatoms. The van der Waals surface area contributed by atoms with Crippen molar-refractivity contribution in [2.24, 2.45) is 0 Å². The third-order valence-corrected chi connectivity index (χ3v) is 3.08. The van der Waals surface area contributed by atoms with Crippen molar-refractivity contribution < 1.29 is 0 Å². The predicted octanol–water partition coefficient (Wildman–Crippen LogP) is 1.41. The van der Waals surface area contributed by atoms with Gasteiger partial charge in [0.15, 0.2) is 0 Å². The summed E-state index contributed by atoms with van der Waals surface area (Å²) >= 11 is 1.23. The van der Waals surface area contributed by atoms with E-state index < -0.39 is 5.56 Å². The summed E-state index contributed by atoms with van der Waals surface area (Å²) in [4.78, 5) is 16.3. The number of benzene rings is 1. The van der Waals surface area contributed by atoms with E-state index in [9.17, 15) is 4.79 Å². The lowest BCUT2D eigenvalue weighted by molar-refractivity contribution is 0.899. The van der Waals surface area contributed by atoms with Gasteiger partial charge in [-0.05, 0) is 18.4 Å². The van der Waals surface area contributed by atoms with E-state index in [0.29, 0.717) is 10.7 Å². The van der Waals surface area contributed by atoms with Crippen molar-refractivity contribution in [1.82, 2.24) is 9.55 Å². The van der Waals surface area contributed by atoms with Crippen LogP contribution in [-0.4, -0.2) is 15.8 Å². The zero-order valence-electron chi connectivity index (χ0n) is 9.62. The SMILES string of the molecule is CSc1nc(N)n(-c2ccccc2)c(=O)c1C#N. The lowest BCUT2D eigenvalue weighted by atomic mass is 10.3. The Morgan fingerprint density at radius 3 is 2.61 bits per heavy atom. The summed E-state index contributed by atoms with van der Waals surface area (Å²) in [7, 11) is 0.